The van der Waals surface area contributed by atoms with Crippen LogP contribution in [0.1, 0.15) is 0 Å². The molecule has 2 aliphatic heterocycles. The van der Waals surface area contributed by atoms with Gasteiger partial charge in [0.25, 0.3) is 0 Å². The van der Waals surface area contributed by atoms with Crippen molar-refractivity contribution >= 4 is 23.8 Å². The van der Waals surface area contributed by atoms with Crippen molar-refractivity contribution in [1.29, 1.82) is 0 Å². The van der Waals surface area contributed by atoms with Crippen molar-refractivity contribution in [2.24, 2.45) is 25.4 Å². The lowest BCUT2D eigenvalue weighted by atomic mass is 10.3. The van der Waals surface area contributed by atoms with Crippen LogP contribution in [0.15, 0.2) is 25.4 Å². The molecule has 0 atom stereocenters. The fourth-order valence-electron chi connectivity index (χ4n) is 0.586. The largest absolute Gasteiger partial charge is 0.303 e. The average Bonchev–Trinajstić information content (AvgIpc) is 2.36. The first-order chi connectivity index (χ1) is 4.88. The number of rotatable bonds is 0. The van der Waals surface area contributed by atoms with Crippen molar-refractivity contribution in [3.63, 3.8) is 0 Å². The van der Waals surface area contributed by atoms with Crippen molar-refractivity contribution in [3.8, 4) is 0 Å². The molecular weight excluding hydrogens is 134 g/mol. The topological polar surface area (TPSA) is 78.9 Å². The summed E-state index contributed by atoms with van der Waals surface area (Å²) in [5.41, 5.74) is 0.0961. The molecule has 0 saturated carbocycles. The normalized spacial score (nSPS) is 20.6. The Hall–Kier alpha value is -1.72. The molecule has 6 heteroatoms. The van der Waals surface area contributed by atoms with Gasteiger partial charge in [-0.05, 0) is 5.22 Å². The number of nitrogens with zero attached hydrogens (tertiary/aromatic N) is 5. The van der Waals surface area contributed by atoms with Gasteiger partial charge in [0, 0.05) is 0 Å². The molecule has 2 rings (SSSR count). The maximum atomic E-state index is 10.7. The lowest BCUT2D eigenvalue weighted by Gasteiger charge is -1.93. The molecular formula is C4N5O. The van der Waals surface area contributed by atoms with Crippen LogP contribution in [0.25, 0.3) is 0 Å². The Morgan fingerprint density at radius 3 is 3.10 bits per heavy atom. The highest BCUT2D eigenvalue weighted by molar-refractivity contribution is 6.69. The Morgan fingerprint density at radius 1 is 1.40 bits per heavy atom. The van der Waals surface area contributed by atoms with Crippen molar-refractivity contribution in [2.75, 3.05) is 0 Å². The molecule has 0 aromatic rings. The molecule has 0 N–H and O–H groups in total. The van der Waals surface area contributed by atoms with Gasteiger partial charge in [0.15, 0.2) is 0 Å². The summed E-state index contributed by atoms with van der Waals surface area (Å²) in [5.74, 6) is -0.296. The molecule has 47 valence electrons. The van der Waals surface area contributed by atoms with Crippen LogP contribution in [0.3, 0.4) is 0 Å². The predicted octanol–water partition coefficient (Wildman–Crippen LogP) is -0.348. The van der Waals surface area contributed by atoms with Crippen molar-refractivity contribution in [1.82, 2.24) is 0 Å². The Kier molecular flexibility index (Phi) is 0.830. The number of fused-ring (bicyclic) bond motifs is 1. The van der Waals surface area contributed by atoms with Gasteiger partial charge in [-0.2, -0.15) is 4.99 Å². The van der Waals surface area contributed by atoms with Gasteiger partial charge in [0.2, 0.25) is 17.9 Å². The van der Waals surface area contributed by atoms with E-state index < -0.39 is 5.91 Å². The number of carbonyl (C=O) groups is 1. The highest BCUT2D eigenvalue weighted by Gasteiger charge is 2.24. The molecule has 0 bridgehead atoms. The summed E-state index contributed by atoms with van der Waals surface area (Å²) >= 11 is 0. The smallest absolute Gasteiger partial charge is 0.265 e. The summed E-state index contributed by atoms with van der Waals surface area (Å²) in [7, 11) is 0. The third-order valence-corrected chi connectivity index (χ3v) is 1.01. The van der Waals surface area contributed by atoms with Gasteiger partial charge >= 0.3 is 5.91 Å². The maximum absolute atomic E-state index is 10.7. The summed E-state index contributed by atoms with van der Waals surface area (Å²) in [6, 6.07) is 0. The molecule has 0 aliphatic carbocycles. The Morgan fingerprint density at radius 2 is 2.30 bits per heavy atom. The summed E-state index contributed by atoms with van der Waals surface area (Å²) < 4.78 is 0. The number of amidine groups is 1. The second-order valence-electron chi connectivity index (χ2n) is 1.59. The van der Waals surface area contributed by atoms with Gasteiger partial charge in [0.1, 0.15) is 0 Å². The zero-order valence-electron chi connectivity index (χ0n) is 4.64. The number of amides is 1. The van der Waals surface area contributed by atoms with Crippen molar-refractivity contribution in [3.05, 3.63) is 0 Å². The maximum Gasteiger partial charge on any atom is 0.303 e. The van der Waals surface area contributed by atoms with Gasteiger partial charge in [-0.1, -0.05) is 0 Å². The van der Waals surface area contributed by atoms with E-state index in [2.05, 4.69) is 31.8 Å². The summed E-state index contributed by atoms with van der Waals surface area (Å²) in [5, 5.41) is 10.1. The van der Waals surface area contributed by atoms with Gasteiger partial charge in [-0.15, -0.1) is 10.2 Å². The summed E-state index contributed by atoms with van der Waals surface area (Å²) in [6.45, 7) is 0. The molecule has 0 saturated heterocycles. The van der Waals surface area contributed by atoms with E-state index in [4.69, 9.17) is 0 Å². The van der Waals surface area contributed by atoms with Crippen LogP contribution in [0, 0.1) is 0 Å². The molecule has 0 aromatic heterocycles. The van der Waals surface area contributed by atoms with E-state index in [1.807, 2.05) is 0 Å². The molecule has 0 spiro atoms. The molecule has 10 heavy (non-hydrogen) atoms. The third kappa shape index (κ3) is 0.524. The molecule has 0 unspecified atom stereocenters. The van der Waals surface area contributed by atoms with Gasteiger partial charge in [-0.3, -0.25) is 4.79 Å². The zero-order chi connectivity index (χ0) is 6.97. The van der Waals surface area contributed by atoms with E-state index in [1.54, 1.807) is 0 Å². The predicted molar refractivity (Wildman–Crippen MR) is 32.2 cm³/mol. The Bertz CT molecular complexity index is 304. The highest BCUT2D eigenvalue weighted by Crippen LogP contribution is 2.03. The molecule has 2 heterocycles. The molecule has 2 aliphatic rings. The van der Waals surface area contributed by atoms with E-state index in [1.165, 1.54) is 0 Å². The van der Waals surface area contributed by atoms with Crippen LogP contribution in [-0.2, 0) is 4.79 Å². The highest BCUT2D eigenvalue weighted by atomic mass is 16.1. The van der Waals surface area contributed by atoms with Crippen LogP contribution in [0.5, 0.6) is 0 Å². The van der Waals surface area contributed by atoms with Crippen LogP contribution in [0.2, 0.25) is 0 Å². The van der Waals surface area contributed by atoms with Crippen LogP contribution in [-0.4, -0.2) is 23.8 Å². The molecule has 6 nitrogen and oxygen atoms in total. The van der Waals surface area contributed by atoms with Crippen LogP contribution >= 0.6 is 0 Å². The molecule has 0 fully saturated rings. The van der Waals surface area contributed by atoms with Gasteiger partial charge in [0.05, 0.1) is 0 Å². The van der Waals surface area contributed by atoms with E-state index in [0.717, 1.165) is 0 Å². The summed E-state index contributed by atoms with van der Waals surface area (Å²) in [4.78, 5) is 17.5. The standard InChI is InChI=1S/C4N5O/c10-4-2-3(5-1-6-4)8-9-7-2. The van der Waals surface area contributed by atoms with Gasteiger partial charge < -0.3 is 0 Å². The SMILES string of the molecule is O=C1N=[C]N=C2N=NN=C12. The number of hydrogen-bond acceptors (Lipinski definition) is 5. The fraction of sp³-hybridized carbons (Fsp3) is 0. The molecule has 1 radical (unpaired) electrons. The van der Waals surface area contributed by atoms with Gasteiger partial charge in [-0.25, -0.2) is 4.99 Å². The fourth-order valence-corrected chi connectivity index (χ4v) is 0.586. The second-order valence-corrected chi connectivity index (χ2v) is 1.59. The number of hydrogen-bond donors (Lipinski definition) is 0. The van der Waals surface area contributed by atoms with Crippen molar-refractivity contribution < 1.29 is 4.79 Å². The zero-order valence-corrected chi connectivity index (χ0v) is 4.64. The minimum Gasteiger partial charge on any atom is -0.265 e. The first-order valence-electron chi connectivity index (χ1n) is 2.45. The number of carbonyl (C=O) groups excluding carboxylic acids is 1. The quantitative estimate of drug-likeness (QED) is 0.446. The first-order valence-corrected chi connectivity index (χ1v) is 2.45. The van der Waals surface area contributed by atoms with E-state index in [0.29, 0.717) is 0 Å². The van der Waals surface area contributed by atoms with Crippen LogP contribution in [0.4, 0.5) is 0 Å². The number of aliphatic imine (C=N–C) groups is 2. The minimum absolute atomic E-state index is 0.0961. The third-order valence-electron chi connectivity index (χ3n) is 1.01. The van der Waals surface area contributed by atoms with Crippen molar-refractivity contribution in [2.45, 2.75) is 0 Å². The first kappa shape index (κ1) is 5.10. The second kappa shape index (κ2) is 1.63. The molecule has 0 aromatic carbocycles. The van der Waals surface area contributed by atoms with E-state index >= 15 is 0 Å². The Labute approximate surface area is 55.1 Å². The lowest BCUT2D eigenvalue weighted by Crippen LogP contribution is -2.21. The average molecular weight is 134 g/mol. The summed E-state index contributed by atoms with van der Waals surface area (Å²) in [6.07, 6.45) is 2.13. The lowest BCUT2D eigenvalue weighted by molar-refractivity contribution is -0.111. The molecule has 1 amide bonds. The minimum atomic E-state index is -0.491. The van der Waals surface area contributed by atoms with Crippen LogP contribution < -0.4 is 0 Å². The van der Waals surface area contributed by atoms with E-state index in [9.17, 15) is 4.79 Å². The monoisotopic (exact) mass is 134 g/mol. The Balaban J connectivity index is 2.54. The van der Waals surface area contributed by atoms with E-state index in [-0.39, 0.29) is 11.5 Å².